The predicted octanol–water partition coefficient (Wildman–Crippen LogP) is -0.773. The first-order valence-electron chi connectivity index (χ1n) is 4.33. The monoisotopic (exact) mass is 224 g/mol. The molecule has 0 aromatic carbocycles. The minimum absolute atomic E-state index is 0.0189. The third kappa shape index (κ3) is 3.18. The van der Waals surface area contributed by atoms with E-state index in [0.717, 1.165) is 4.47 Å². The highest BCUT2D eigenvalue weighted by molar-refractivity contribution is 7.87. The zero-order valence-electron chi connectivity index (χ0n) is 8.52. The van der Waals surface area contributed by atoms with Crippen LogP contribution in [0.15, 0.2) is 0 Å². The molecule has 1 heterocycles. The van der Waals surface area contributed by atoms with Crippen LogP contribution in [0.3, 0.4) is 0 Å². The summed E-state index contributed by atoms with van der Waals surface area (Å²) in [7, 11) is -3.65. The fourth-order valence-corrected chi connectivity index (χ4v) is 2.50. The Hall–Kier alpha value is -0.210. The Morgan fingerprint density at radius 2 is 2.07 bits per heavy atom. The first-order valence-corrected chi connectivity index (χ1v) is 5.77. The molecular formula is C7H16N2O4S. The van der Waals surface area contributed by atoms with Gasteiger partial charge in [0.15, 0.2) is 0 Å². The third-order valence-corrected chi connectivity index (χ3v) is 3.13. The van der Waals surface area contributed by atoms with Crippen molar-refractivity contribution in [1.29, 1.82) is 0 Å². The number of rotatable bonds is 2. The molecule has 1 saturated heterocycles. The first kappa shape index (κ1) is 11.9. The lowest BCUT2D eigenvalue weighted by Crippen LogP contribution is -2.47. The highest BCUT2D eigenvalue weighted by atomic mass is 32.2. The fraction of sp³-hybridized carbons (Fsp3) is 1.00. The second-order valence-electron chi connectivity index (χ2n) is 4.29. The summed E-state index contributed by atoms with van der Waals surface area (Å²) >= 11 is 0. The first-order chi connectivity index (χ1) is 6.21. The zero-order valence-corrected chi connectivity index (χ0v) is 9.34. The van der Waals surface area contributed by atoms with Crippen molar-refractivity contribution in [2.45, 2.75) is 32.4 Å². The molecule has 0 aromatic heterocycles. The number of hydrogen-bond donors (Lipinski definition) is 2. The van der Waals surface area contributed by atoms with Gasteiger partial charge in [0.2, 0.25) is 0 Å². The van der Waals surface area contributed by atoms with E-state index in [0.29, 0.717) is 0 Å². The highest BCUT2D eigenvalue weighted by Gasteiger charge is 2.34. The molecule has 0 saturated carbocycles. The Morgan fingerprint density at radius 1 is 1.50 bits per heavy atom. The van der Waals surface area contributed by atoms with Gasteiger partial charge in [0.25, 0.3) is 0 Å². The SMILES string of the molecule is CC(C)(C)NS(=O)(=O)N1CC(O)CO1. The van der Waals surface area contributed by atoms with Gasteiger partial charge in [0.1, 0.15) is 0 Å². The van der Waals surface area contributed by atoms with Gasteiger partial charge in [0.05, 0.1) is 19.3 Å². The zero-order chi connectivity index (χ0) is 11.0. The lowest BCUT2D eigenvalue weighted by Gasteiger charge is -2.23. The van der Waals surface area contributed by atoms with Gasteiger partial charge in [-0.25, -0.2) is 0 Å². The van der Waals surface area contributed by atoms with Crippen molar-refractivity contribution in [3.63, 3.8) is 0 Å². The summed E-state index contributed by atoms with van der Waals surface area (Å²) in [6, 6.07) is 0. The Morgan fingerprint density at radius 3 is 2.43 bits per heavy atom. The van der Waals surface area contributed by atoms with Crippen molar-refractivity contribution in [3.8, 4) is 0 Å². The molecular weight excluding hydrogens is 208 g/mol. The summed E-state index contributed by atoms with van der Waals surface area (Å²) in [5, 5.41) is 9.10. The summed E-state index contributed by atoms with van der Waals surface area (Å²) in [6.07, 6.45) is -0.744. The molecule has 14 heavy (non-hydrogen) atoms. The molecule has 1 aliphatic rings. The van der Waals surface area contributed by atoms with E-state index in [1.807, 2.05) is 0 Å². The second kappa shape index (κ2) is 3.74. The van der Waals surface area contributed by atoms with Gasteiger partial charge in [-0.05, 0) is 20.8 Å². The van der Waals surface area contributed by atoms with E-state index in [2.05, 4.69) is 4.72 Å². The van der Waals surface area contributed by atoms with E-state index < -0.39 is 21.9 Å². The van der Waals surface area contributed by atoms with Crippen LogP contribution in [0, 0.1) is 0 Å². The molecule has 6 nitrogen and oxygen atoms in total. The number of aliphatic hydroxyl groups excluding tert-OH is 1. The van der Waals surface area contributed by atoms with Crippen LogP contribution in [0.4, 0.5) is 0 Å². The molecule has 1 unspecified atom stereocenters. The van der Waals surface area contributed by atoms with E-state index in [-0.39, 0.29) is 13.2 Å². The molecule has 0 bridgehead atoms. The Kier molecular flexibility index (Phi) is 3.17. The van der Waals surface area contributed by atoms with Gasteiger partial charge in [-0.1, -0.05) is 4.47 Å². The molecule has 0 amide bonds. The Labute approximate surface area is 84.0 Å². The van der Waals surface area contributed by atoms with Gasteiger partial charge < -0.3 is 5.11 Å². The molecule has 1 fully saturated rings. The van der Waals surface area contributed by atoms with E-state index >= 15 is 0 Å². The third-order valence-electron chi connectivity index (χ3n) is 1.47. The summed E-state index contributed by atoms with van der Waals surface area (Å²) in [5.74, 6) is 0. The maximum atomic E-state index is 11.6. The summed E-state index contributed by atoms with van der Waals surface area (Å²) < 4.78 is 26.3. The van der Waals surface area contributed by atoms with Crippen molar-refractivity contribution >= 4 is 10.2 Å². The largest absolute Gasteiger partial charge is 0.389 e. The molecule has 7 heteroatoms. The minimum Gasteiger partial charge on any atom is -0.389 e. The Balaban J connectivity index is 2.67. The van der Waals surface area contributed by atoms with Gasteiger partial charge in [0, 0.05) is 5.54 Å². The van der Waals surface area contributed by atoms with Crippen LogP contribution < -0.4 is 4.72 Å². The number of nitrogens with zero attached hydrogens (tertiary/aromatic N) is 1. The minimum atomic E-state index is -3.65. The summed E-state index contributed by atoms with van der Waals surface area (Å²) in [4.78, 5) is 4.81. The van der Waals surface area contributed by atoms with E-state index in [1.54, 1.807) is 20.8 Å². The second-order valence-corrected chi connectivity index (χ2v) is 5.85. The number of nitrogens with one attached hydrogen (secondary N) is 1. The van der Waals surface area contributed by atoms with Crippen molar-refractivity contribution < 1.29 is 18.4 Å². The predicted molar refractivity (Wildman–Crippen MR) is 50.5 cm³/mol. The van der Waals surface area contributed by atoms with Crippen molar-refractivity contribution in [2.24, 2.45) is 0 Å². The fourth-order valence-electron chi connectivity index (χ4n) is 1.05. The van der Waals surface area contributed by atoms with Gasteiger partial charge in [-0.15, -0.1) is 0 Å². The number of hydrogen-bond acceptors (Lipinski definition) is 4. The molecule has 0 radical (unpaired) electrons. The van der Waals surface area contributed by atoms with Crippen LogP contribution in [0.2, 0.25) is 0 Å². The lowest BCUT2D eigenvalue weighted by atomic mass is 10.1. The van der Waals surface area contributed by atoms with Crippen LogP contribution in [-0.2, 0) is 15.0 Å². The van der Waals surface area contributed by atoms with Gasteiger partial charge in [-0.2, -0.15) is 13.1 Å². The van der Waals surface area contributed by atoms with E-state index in [9.17, 15) is 8.42 Å². The number of β-amino-alcohol motifs (C(OH)–C–C–N with tert-alkyl or cyclic N) is 1. The Bertz CT molecular complexity index is 295. The molecule has 1 rings (SSSR count). The molecule has 2 N–H and O–H groups in total. The maximum Gasteiger partial charge on any atom is 0.302 e. The van der Waals surface area contributed by atoms with Crippen LogP contribution in [0.25, 0.3) is 0 Å². The van der Waals surface area contributed by atoms with Gasteiger partial charge in [-0.3, -0.25) is 4.84 Å². The van der Waals surface area contributed by atoms with E-state index in [1.165, 1.54) is 0 Å². The van der Waals surface area contributed by atoms with Crippen LogP contribution in [0.5, 0.6) is 0 Å². The van der Waals surface area contributed by atoms with Crippen LogP contribution >= 0.6 is 0 Å². The van der Waals surface area contributed by atoms with Crippen molar-refractivity contribution in [1.82, 2.24) is 9.19 Å². The van der Waals surface area contributed by atoms with E-state index in [4.69, 9.17) is 9.94 Å². The highest BCUT2D eigenvalue weighted by Crippen LogP contribution is 2.12. The van der Waals surface area contributed by atoms with Crippen molar-refractivity contribution in [2.75, 3.05) is 13.2 Å². The molecule has 1 atom stereocenters. The van der Waals surface area contributed by atoms with Crippen LogP contribution in [0.1, 0.15) is 20.8 Å². The maximum absolute atomic E-state index is 11.6. The topological polar surface area (TPSA) is 78.9 Å². The lowest BCUT2D eigenvalue weighted by molar-refractivity contribution is -0.0334. The molecule has 0 spiro atoms. The summed E-state index contributed by atoms with van der Waals surface area (Å²) in [5.41, 5.74) is -0.560. The average molecular weight is 224 g/mol. The molecule has 84 valence electrons. The molecule has 0 aromatic rings. The van der Waals surface area contributed by atoms with Crippen LogP contribution in [-0.4, -0.2) is 42.8 Å². The van der Waals surface area contributed by atoms with Crippen molar-refractivity contribution in [3.05, 3.63) is 0 Å². The normalized spacial score (nSPS) is 25.6. The molecule has 1 aliphatic heterocycles. The number of hydroxylamine groups is 1. The standard InChI is InChI=1S/C7H16N2O4S/c1-7(2,3)8-14(11,12)9-4-6(10)5-13-9/h6,8,10H,4-5H2,1-3H3. The van der Waals surface area contributed by atoms with Gasteiger partial charge >= 0.3 is 10.2 Å². The molecule has 0 aliphatic carbocycles. The number of aliphatic hydroxyl groups is 1. The quantitative estimate of drug-likeness (QED) is 0.645. The average Bonchev–Trinajstić information content (AvgIpc) is 2.29. The smallest absolute Gasteiger partial charge is 0.302 e. The summed E-state index contributed by atoms with van der Waals surface area (Å²) in [6.45, 7) is 5.20.